The molecule has 80 valence electrons. The Hall–Kier alpha value is -1.06. The number of amides is 1. The van der Waals surface area contributed by atoms with Crippen LogP contribution in [0.5, 0.6) is 0 Å². The van der Waals surface area contributed by atoms with Gasteiger partial charge in [-0.2, -0.15) is 0 Å². The van der Waals surface area contributed by atoms with Crippen LogP contribution in [0.15, 0.2) is 24.3 Å². The number of benzene rings is 1. The number of rotatable bonds is 1. The molecule has 1 saturated heterocycles. The highest BCUT2D eigenvalue weighted by molar-refractivity contribution is 5.98. The van der Waals surface area contributed by atoms with Crippen molar-refractivity contribution in [1.29, 1.82) is 0 Å². The Morgan fingerprint density at radius 2 is 2.00 bits per heavy atom. The van der Waals surface area contributed by atoms with Crippen molar-refractivity contribution in [1.82, 2.24) is 10.2 Å². The third kappa shape index (κ3) is 1.52. The molecule has 1 fully saturated rings. The predicted octanol–water partition coefficient (Wildman–Crippen LogP) is 1.04. The summed E-state index contributed by atoms with van der Waals surface area (Å²) < 4.78 is 0. The van der Waals surface area contributed by atoms with Crippen molar-refractivity contribution < 1.29 is 4.79 Å². The molecule has 0 radical (unpaired) electrons. The van der Waals surface area contributed by atoms with Crippen LogP contribution in [0.3, 0.4) is 0 Å². The van der Waals surface area contributed by atoms with Gasteiger partial charge >= 0.3 is 0 Å². The maximum absolute atomic E-state index is 11.9. The monoisotopic (exact) mass is 224 g/mol. The average molecular weight is 225 g/mol. The quantitative estimate of drug-likeness (QED) is 0.773. The van der Waals surface area contributed by atoms with Crippen molar-refractivity contribution in [2.24, 2.45) is 0 Å². The van der Waals surface area contributed by atoms with E-state index in [1.54, 1.807) is 0 Å². The molecule has 0 unspecified atom stereocenters. The molecular formula is C11H13ClN2O. The van der Waals surface area contributed by atoms with Crippen molar-refractivity contribution in [3.05, 3.63) is 35.4 Å². The maximum atomic E-state index is 11.9. The summed E-state index contributed by atoms with van der Waals surface area (Å²) in [6.45, 7) is 2.68. The lowest BCUT2D eigenvalue weighted by Crippen LogP contribution is -2.57. The number of hydrogen-bond donors (Lipinski definition) is 1. The van der Waals surface area contributed by atoms with Crippen molar-refractivity contribution in [2.45, 2.75) is 12.6 Å². The molecule has 1 aromatic carbocycles. The van der Waals surface area contributed by atoms with Crippen molar-refractivity contribution in [3.63, 3.8) is 0 Å². The minimum absolute atomic E-state index is 0. The molecule has 0 saturated carbocycles. The first kappa shape index (κ1) is 10.5. The standard InChI is InChI=1S/C11H12N2O.ClH/c14-11-10-4-2-1-3-8(10)7-13(11)9-5-12-6-9;/h1-4,9,12H,5-7H2;1H. The topological polar surface area (TPSA) is 32.3 Å². The first-order valence-corrected chi connectivity index (χ1v) is 4.96. The summed E-state index contributed by atoms with van der Waals surface area (Å²) in [7, 11) is 0. The van der Waals surface area contributed by atoms with Crippen LogP contribution in [0, 0.1) is 0 Å². The molecule has 0 aromatic heterocycles. The Kier molecular flexibility index (Phi) is 2.67. The predicted molar refractivity (Wildman–Crippen MR) is 60.2 cm³/mol. The fourth-order valence-electron chi connectivity index (χ4n) is 2.07. The third-order valence-corrected chi connectivity index (χ3v) is 3.05. The van der Waals surface area contributed by atoms with E-state index >= 15 is 0 Å². The van der Waals surface area contributed by atoms with E-state index in [4.69, 9.17) is 0 Å². The van der Waals surface area contributed by atoms with Gasteiger partial charge in [0, 0.05) is 25.2 Å². The van der Waals surface area contributed by atoms with Gasteiger partial charge in [-0.15, -0.1) is 12.4 Å². The fraction of sp³-hybridized carbons (Fsp3) is 0.364. The van der Waals surface area contributed by atoms with Crippen molar-refractivity contribution in [2.75, 3.05) is 13.1 Å². The summed E-state index contributed by atoms with van der Waals surface area (Å²) in [6, 6.07) is 8.30. The normalized spacial score (nSPS) is 19.5. The van der Waals surface area contributed by atoms with Gasteiger partial charge in [-0.25, -0.2) is 0 Å². The number of halogens is 1. The van der Waals surface area contributed by atoms with Gasteiger partial charge in [0.25, 0.3) is 5.91 Å². The van der Waals surface area contributed by atoms with Crippen LogP contribution in [0.25, 0.3) is 0 Å². The van der Waals surface area contributed by atoms with E-state index in [2.05, 4.69) is 5.32 Å². The molecule has 1 amide bonds. The molecule has 0 aliphatic carbocycles. The maximum Gasteiger partial charge on any atom is 0.254 e. The van der Waals surface area contributed by atoms with E-state index in [-0.39, 0.29) is 18.3 Å². The van der Waals surface area contributed by atoms with Gasteiger partial charge < -0.3 is 10.2 Å². The number of nitrogens with one attached hydrogen (secondary N) is 1. The van der Waals surface area contributed by atoms with Crippen LogP contribution in [-0.2, 0) is 6.54 Å². The Labute approximate surface area is 94.9 Å². The molecule has 0 bridgehead atoms. The Bertz CT molecular complexity index is 390. The number of nitrogens with zero attached hydrogens (tertiary/aromatic N) is 1. The number of carbonyl (C=O) groups excluding carboxylic acids is 1. The van der Waals surface area contributed by atoms with Crippen LogP contribution >= 0.6 is 12.4 Å². The zero-order chi connectivity index (χ0) is 9.54. The molecule has 2 aliphatic heterocycles. The van der Waals surface area contributed by atoms with Gasteiger partial charge in [0.05, 0.1) is 6.04 Å². The molecular weight excluding hydrogens is 212 g/mol. The first-order chi connectivity index (χ1) is 6.86. The molecule has 3 nitrogen and oxygen atoms in total. The molecule has 1 N–H and O–H groups in total. The van der Waals surface area contributed by atoms with Crippen LogP contribution in [-0.4, -0.2) is 29.9 Å². The van der Waals surface area contributed by atoms with Gasteiger partial charge in [0.1, 0.15) is 0 Å². The number of fused-ring (bicyclic) bond motifs is 1. The smallest absolute Gasteiger partial charge is 0.254 e. The van der Waals surface area contributed by atoms with E-state index in [0.717, 1.165) is 25.2 Å². The fourth-order valence-corrected chi connectivity index (χ4v) is 2.07. The molecule has 2 aliphatic rings. The number of hydrogen-bond acceptors (Lipinski definition) is 2. The molecule has 0 atom stereocenters. The van der Waals surface area contributed by atoms with E-state index in [1.807, 2.05) is 29.2 Å². The highest BCUT2D eigenvalue weighted by Crippen LogP contribution is 2.25. The van der Waals surface area contributed by atoms with E-state index in [9.17, 15) is 4.79 Å². The molecule has 3 rings (SSSR count). The first-order valence-electron chi connectivity index (χ1n) is 4.96. The van der Waals surface area contributed by atoms with Gasteiger partial charge in [0.2, 0.25) is 0 Å². The summed E-state index contributed by atoms with van der Waals surface area (Å²) in [5.41, 5.74) is 2.06. The summed E-state index contributed by atoms with van der Waals surface area (Å²) in [5, 5.41) is 3.19. The lowest BCUT2D eigenvalue weighted by atomic mass is 10.1. The van der Waals surface area contributed by atoms with Crippen molar-refractivity contribution in [3.8, 4) is 0 Å². The van der Waals surface area contributed by atoms with Gasteiger partial charge in [-0.3, -0.25) is 4.79 Å². The molecule has 2 heterocycles. The van der Waals surface area contributed by atoms with Crippen LogP contribution in [0.1, 0.15) is 15.9 Å². The molecule has 15 heavy (non-hydrogen) atoms. The van der Waals surface area contributed by atoms with Crippen LogP contribution in [0.4, 0.5) is 0 Å². The molecule has 4 heteroatoms. The minimum atomic E-state index is 0. The second-order valence-electron chi connectivity index (χ2n) is 3.90. The summed E-state index contributed by atoms with van der Waals surface area (Å²) in [5.74, 6) is 0.201. The average Bonchev–Trinajstić information content (AvgIpc) is 2.43. The third-order valence-electron chi connectivity index (χ3n) is 3.05. The van der Waals surface area contributed by atoms with Crippen LogP contribution < -0.4 is 5.32 Å². The van der Waals surface area contributed by atoms with Crippen LogP contribution in [0.2, 0.25) is 0 Å². The largest absolute Gasteiger partial charge is 0.329 e. The zero-order valence-electron chi connectivity index (χ0n) is 8.27. The number of carbonyl (C=O) groups is 1. The summed E-state index contributed by atoms with van der Waals surface area (Å²) in [6.07, 6.45) is 0. The van der Waals surface area contributed by atoms with Gasteiger partial charge in [-0.05, 0) is 11.6 Å². The van der Waals surface area contributed by atoms with Gasteiger partial charge in [-0.1, -0.05) is 18.2 Å². The highest BCUT2D eigenvalue weighted by Gasteiger charge is 2.34. The summed E-state index contributed by atoms with van der Waals surface area (Å²) in [4.78, 5) is 13.9. The Balaban J connectivity index is 0.000000853. The van der Waals surface area contributed by atoms with E-state index in [0.29, 0.717) is 6.04 Å². The summed E-state index contributed by atoms with van der Waals surface area (Å²) >= 11 is 0. The lowest BCUT2D eigenvalue weighted by molar-refractivity contribution is 0.0642. The SMILES string of the molecule is Cl.O=C1c2ccccc2CN1C1CNC1. The zero-order valence-corrected chi connectivity index (χ0v) is 9.09. The second kappa shape index (κ2) is 3.83. The minimum Gasteiger partial charge on any atom is -0.329 e. The lowest BCUT2D eigenvalue weighted by Gasteiger charge is -2.35. The van der Waals surface area contributed by atoms with E-state index in [1.165, 1.54) is 5.56 Å². The molecule has 0 spiro atoms. The highest BCUT2D eigenvalue weighted by atomic mass is 35.5. The second-order valence-corrected chi connectivity index (χ2v) is 3.90. The van der Waals surface area contributed by atoms with E-state index < -0.39 is 0 Å². The Morgan fingerprint density at radius 1 is 1.27 bits per heavy atom. The van der Waals surface area contributed by atoms with Gasteiger partial charge in [0.15, 0.2) is 0 Å². The molecule has 1 aromatic rings. The van der Waals surface area contributed by atoms with Crippen molar-refractivity contribution >= 4 is 18.3 Å². The Morgan fingerprint density at radius 3 is 2.60 bits per heavy atom.